The molecule has 11 nitrogen and oxygen atoms in total. The van der Waals surface area contributed by atoms with Gasteiger partial charge in [-0.3, -0.25) is 9.89 Å². The van der Waals surface area contributed by atoms with E-state index in [1.165, 1.54) is 17.7 Å². The number of primary amides is 1. The maximum atomic E-state index is 11.8. The third-order valence-corrected chi connectivity index (χ3v) is 9.72. The number of pyridine rings is 2. The van der Waals surface area contributed by atoms with E-state index in [1.807, 2.05) is 108 Å². The molecule has 1 amide bonds. The summed E-state index contributed by atoms with van der Waals surface area (Å²) in [5, 5.41) is 17.3. The van der Waals surface area contributed by atoms with Crippen molar-refractivity contribution in [3.63, 3.8) is 0 Å². The fourth-order valence-electron chi connectivity index (χ4n) is 5.30. The van der Waals surface area contributed by atoms with Gasteiger partial charge in [-0.15, -0.1) is 22.7 Å². The summed E-state index contributed by atoms with van der Waals surface area (Å²) < 4.78 is 3.63. The monoisotopic (exact) mass is 664 g/mol. The van der Waals surface area contributed by atoms with Gasteiger partial charge in [0.2, 0.25) is 0 Å². The molecular formula is C35H24N10OS2. The Morgan fingerprint density at radius 2 is 1.21 bits per heavy atom. The Kier molecular flexibility index (Phi) is 7.57. The van der Waals surface area contributed by atoms with Gasteiger partial charge in [-0.2, -0.15) is 15.3 Å². The lowest BCUT2D eigenvalue weighted by atomic mass is 10.1. The third-order valence-electron chi connectivity index (χ3n) is 7.52. The number of fused-ring (bicyclic) bond motifs is 2. The Hall–Kier alpha value is -6.31. The molecule has 0 fully saturated rings. The summed E-state index contributed by atoms with van der Waals surface area (Å²) in [6, 6.07) is 31.5. The van der Waals surface area contributed by atoms with Crippen molar-refractivity contribution < 1.29 is 4.79 Å². The largest absolute Gasteiger partial charge is 0.365 e. The zero-order valence-corrected chi connectivity index (χ0v) is 26.6. The van der Waals surface area contributed by atoms with Gasteiger partial charge in [-0.1, -0.05) is 72.8 Å². The van der Waals surface area contributed by atoms with Crippen LogP contribution in [0.25, 0.3) is 65.4 Å². The Labute approximate surface area is 281 Å². The maximum absolute atomic E-state index is 11.8. The van der Waals surface area contributed by atoms with Crippen LogP contribution >= 0.6 is 22.7 Å². The number of aromatic nitrogens is 9. The van der Waals surface area contributed by atoms with E-state index in [0.29, 0.717) is 10.6 Å². The first-order chi connectivity index (χ1) is 23.6. The first-order valence-corrected chi connectivity index (χ1v) is 16.4. The first kappa shape index (κ1) is 29.1. The first-order valence-electron chi connectivity index (χ1n) is 14.8. The molecule has 9 aromatic rings. The molecule has 0 aliphatic carbocycles. The number of benzene rings is 2. The Morgan fingerprint density at radius 1 is 0.667 bits per heavy atom. The molecule has 13 heteroatoms. The van der Waals surface area contributed by atoms with Crippen LogP contribution in [0.5, 0.6) is 0 Å². The number of carbonyl (C=O) groups excluding carboxylic acids is 1. The molecule has 0 radical (unpaired) electrons. The van der Waals surface area contributed by atoms with E-state index >= 15 is 0 Å². The van der Waals surface area contributed by atoms with Gasteiger partial charge >= 0.3 is 0 Å². The number of hydrogen-bond acceptors (Lipinski definition) is 9. The van der Waals surface area contributed by atoms with Crippen molar-refractivity contribution in [2.24, 2.45) is 5.73 Å². The maximum Gasteiger partial charge on any atom is 0.261 e. The van der Waals surface area contributed by atoms with Gasteiger partial charge < -0.3 is 5.73 Å². The van der Waals surface area contributed by atoms with Gasteiger partial charge in [-0.25, -0.2) is 24.0 Å². The minimum atomic E-state index is -0.468. The van der Waals surface area contributed by atoms with Crippen LogP contribution in [0.2, 0.25) is 0 Å². The quantitative estimate of drug-likeness (QED) is 0.192. The second kappa shape index (κ2) is 12.5. The van der Waals surface area contributed by atoms with E-state index in [1.54, 1.807) is 22.0 Å². The Morgan fingerprint density at radius 3 is 1.77 bits per heavy atom. The normalized spacial score (nSPS) is 11.1. The van der Waals surface area contributed by atoms with Crippen LogP contribution in [0.3, 0.4) is 0 Å². The molecule has 7 heterocycles. The highest BCUT2D eigenvalue weighted by Crippen LogP contribution is 2.40. The van der Waals surface area contributed by atoms with Crippen LogP contribution in [-0.4, -0.2) is 50.3 Å². The lowest BCUT2D eigenvalue weighted by Crippen LogP contribution is -2.10. The number of rotatable bonds is 6. The number of amides is 1. The highest BCUT2D eigenvalue weighted by Gasteiger charge is 2.21. The van der Waals surface area contributed by atoms with Gasteiger partial charge in [0.25, 0.3) is 5.91 Å². The van der Waals surface area contributed by atoms with Crippen molar-refractivity contribution in [3.05, 3.63) is 133 Å². The van der Waals surface area contributed by atoms with Crippen LogP contribution < -0.4 is 5.73 Å². The average molecular weight is 665 g/mol. The molecule has 0 saturated carbocycles. The zero-order valence-electron chi connectivity index (χ0n) is 25.0. The van der Waals surface area contributed by atoms with Crippen molar-refractivity contribution in [3.8, 4) is 54.4 Å². The summed E-state index contributed by atoms with van der Waals surface area (Å²) in [6.45, 7) is 0. The molecule has 0 saturated heterocycles. The van der Waals surface area contributed by atoms with Crippen molar-refractivity contribution in [1.29, 1.82) is 0 Å². The molecule has 3 N–H and O–H groups in total. The number of hydrogen-bond donors (Lipinski definition) is 2. The fourth-order valence-corrected chi connectivity index (χ4v) is 7.31. The molecule has 7 aromatic heterocycles. The van der Waals surface area contributed by atoms with Gasteiger partial charge in [0.05, 0.1) is 50.8 Å². The van der Waals surface area contributed by atoms with Gasteiger partial charge in [0.1, 0.15) is 21.2 Å². The van der Waals surface area contributed by atoms with Crippen LogP contribution in [0.4, 0.5) is 0 Å². The summed E-state index contributed by atoms with van der Waals surface area (Å²) in [5.74, 6) is 0.253. The molecule has 0 unspecified atom stereocenters. The second-order valence-electron chi connectivity index (χ2n) is 10.5. The van der Waals surface area contributed by atoms with Crippen molar-refractivity contribution >= 4 is 39.6 Å². The molecule has 232 valence electrons. The fraction of sp³-hybridized carbons (Fsp3) is 0. The molecule has 0 bridgehead atoms. The molecule has 48 heavy (non-hydrogen) atoms. The molecule has 0 spiro atoms. The van der Waals surface area contributed by atoms with E-state index in [9.17, 15) is 4.79 Å². The highest BCUT2D eigenvalue weighted by molar-refractivity contribution is 7.19. The number of H-pyrrole nitrogens is 1. The standard InChI is InChI=1S/C18H12N6S.C17H12N4OS/c1-2-6-12(7-3-1)15-16(17-19-11-20-23-17)25-18(22-15)13-10-21-24-9-5-4-8-14(13)24;18-16(22)15-14(11-6-2-1-3-7-11)20-17(23-15)12-10-19-21-9-5-4-8-13(12)21/h1-11H,(H,19,20,23);1-10H,(H2,18,22). The number of nitrogens with two attached hydrogens (primary N) is 1. The molecule has 0 aliphatic rings. The molecule has 9 rings (SSSR count). The van der Waals surface area contributed by atoms with E-state index < -0.39 is 5.91 Å². The van der Waals surface area contributed by atoms with E-state index in [4.69, 9.17) is 10.7 Å². The summed E-state index contributed by atoms with van der Waals surface area (Å²) in [6.07, 6.45) is 8.93. The van der Waals surface area contributed by atoms with E-state index in [0.717, 1.165) is 59.7 Å². The Balaban J connectivity index is 0.000000141. The van der Waals surface area contributed by atoms with Crippen LogP contribution in [0.1, 0.15) is 9.67 Å². The minimum Gasteiger partial charge on any atom is -0.365 e. The molecule has 2 aromatic carbocycles. The topological polar surface area (TPSA) is 145 Å². The van der Waals surface area contributed by atoms with Crippen molar-refractivity contribution in [2.45, 2.75) is 0 Å². The summed E-state index contributed by atoms with van der Waals surface area (Å²) in [4.78, 5) is 27.1. The number of thiazole rings is 2. The number of aromatic amines is 1. The van der Waals surface area contributed by atoms with Gasteiger partial charge in [0.15, 0.2) is 5.82 Å². The predicted octanol–water partition coefficient (Wildman–Crippen LogP) is 7.13. The minimum absolute atomic E-state index is 0.460. The second-order valence-corrected chi connectivity index (χ2v) is 12.5. The zero-order chi connectivity index (χ0) is 32.5. The molecule has 0 aliphatic heterocycles. The molecule has 0 atom stereocenters. The van der Waals surface area contributed by atoms with Crippen LogP contribution in [-0.2, 0) is 0 Å². The Bertz CT molecular complexity index is 2500. The molecular weight excluding hydrogens is 641 g/mol. The van der Waals surface area contributed by atoms with Crippen molar-refractivity contribution in [2.75, 3.05) is 0 Å². The average Bonchev–Trinajstić information content (AvgIpc) is 3.98. The lowest BCUT2D eigenvalue weighted by Gasteiger charge is -1.98. The van der Waals surface area contributed by atoms with Gasteiger partial charge in [-0.05, 0) is 24.3 Å². The van der Waals surface area contributed by atoms with E-state index in [2.05, 4.69) is 42.5 Å². The number of nitrogens with zero attached hydrogens (tertiary/aromatic N) is 8. The smallest absolute Gasteiger partial charge is 0.261 e. The SMILES string of the molecule is NC(=O)c1sc(-c2cnn3ccccc23)nc1-c1ccccc1.c1ccc(-c2nc(-c3cnn4ccccc34)sc2-c2ncn[nH]2)cc1. The number of carbonyl (C=O) groups is 1. The summed E-state index contributed by atoms with van der Waals surface area (Å²) >= 11 is 2.88. The summed E-state index contributed by atoms with van der Waals surface area (Å²) in [5.41, 5.74) is 12.8. The van der Waals surface area contributed by atoms with Crippen LogP contribution in [0, 0.1) is 0 Å². The van der Waals surface area contributed by atoms with Gasteiger partial charge in [0, 0.05) is 23.5 Å². The predicted molar refractivity (Wildman–Crippen MR) is 187 cm³/mol. The highest BCUT2D eigenvalue weighted by atomic mass is 32.1. The third kappa shape index (κ3) is 5.42. The van der Waals surface area contributed by atoms with E-state index in [-0.39, 0.29) is 0 Å². The van der Waals surface area contributed by atoms with Crippen molar-refractivity contribution in [1.82, 2.24) is 44.4 Å². The lowest BCUT2D eigenvalue weighted by molar-refractivity contribution is 0.100. The summed E-state index contributed by atoms with van der Waals surface area (Å²) in [7, 11) is 0. The number of nitrogens with one attached hydrogen (secondary N) is 1. The van der Waals surface area contributed by atoms with Crippen LogP contribution in [0.15, 0.2) is 128 Å².